The van der Waals surface area contributed by atoms with Crippen molar-refractivity contribution in [2.24, 2.45) is 17.8 Å². The first-order valence-corrected chi connectivity index (χ1v) is 16.2. The third-order valence-corrected chi connectivity index (χ3v) is 11.9. The van der Waals surface area contributed by atoms with E-state index in [9.17, 15) is 19.5 Å². The predicted octanol–water partition coefficient (Wildman–Crippen LogP) is 4.27. The van der Waals surface area contributed by atoms with Gasteiger partial charge in [-0.1, -0.05) is 68.7 Å². The summed E-state index contributed by atoms with van der Waals surface area (Å²) in [5.74, 6) is -1.06. The van der Waals surface area contributed by atoms with Crippen LogP contribution < -0.4 is 0 Å². The molecule has 1 spiro atoms. The van der Waals surface area contributed by atoms with Crippen molar-refractivity contribution in [3.8, 4) is 0 Å². The highest BCUT2D eigenvalue weighted by Crippen LogP contribution is 2.69. The van der Waals surface area contributed by atoms with Crippen LogP contribution >= 0.6 is 11.8 Å². The summed E-state index contributed by atoms with van der Waals surface area (Å²) < 4.78 is -0.657. The van der Waals surface area contributed by atoms with Crippen LogP contribution in [0.5, 0.6) is 0 Å². The van der Waals surface area contributed by atoms with Crippen LogP contribution in [-0.4, -0.2) is 85.8 Å². The number of aliphatic hydroxyl groups excluding tert-OH is 1. The number of hydrogen-bond acceptors (Lipinski definition) is 5. The van der Waals surface area contributed by atoms with Crippen molar-refractivity contribution in [2.45, 2.75) is 80.5 Å². The quantitative estimate of drug-likeness (QED) is 0.374. The molecule has 4 fully saturated rings. The Morgan fingerprint density at radius 1 is 1.10 bits per heavy atom. The Bertz CT molecular complexity index is 1140. The van der Waals surface area contributed by atoms with Crippen LogP contribution in [0.1, 0.15) is 57.4 Å². The average Bonchev–Trinajstić information content (AvgIpc) is 3.58. The molecule has 5 rings (SSSR count). The van der Waals surface area contributed by atoms with Crippen molar-refractivity contribution < 1.29 is 19.5 Å². The Labute approximate surface area is 249 Å². The van der Waals surface area contributed by atoms with Gasteiger partial charge >= 0.3 is 0 Å². The summed E-state index contributed by atoms with van der Waals surface area (Å²) in [6, 6.07) is 9.41. The molecule has 0 radical (unpaired) electrons. The lowest BCUT2D eigenvalue weighted by molar-refractivity contribution is -0.145. The number of amides is 3. The van der Waals surface area contributed by atoms with Crippen molar-refractivity contribution in [3.05, 3.63) is 61.2 Å². The van der Waals surface area contributed by atoms with Crippen LogP contribution in [0.3, 0.4) is 0 Å². The van der Waals surface area contributed by atoms with E-state index in [4.69, 9.17) is 0 Å². The van der Waals surface area contributed by atoms with Gasteiger partial charge in [0.15, 0.2) is 0 Å². The van der Waals surface area contributed by atoms with E-state index in [0.717, 1.165) is 37.7 Å². The number of carbonyl (C=O) groups excluding carboxylic acids is 3. The number of hydrogen-bond donors (Lipinski definition) is 1. The molecule has 6 atom stereocenters. The first-order valence-electron chi connectivity index (χ1n) is 15.3. The van der Waals surface area contributed by atoms with Gasteiger partial charge < -0.3 is 19.8 Å². The lowest BCUT2D eigenvalue weighted by atomic mass is 9.65. The number of likely N-dealkylation sites (tertiary alicyclic amines) is 1. The molecular weight excluding hydrogens is 534 g/mol. The number of thioether (sulfide) groups is 1. The van der Waals surface area contributed by atoms with Gasteiger partial charge in [0, 0.05) is 44.1 Å². The Morgan fingerprint density at radius 3 is 2.46 bits per heavy atom. The highest BCUT2D eigenvalue weighted by molar-refractivity contribution is 8.02. The Balaban J connectivity index is 1.51. The van der Waals surface area contributed by atoms with E-state index < -0.39 is 22.6 Å². The standard InChI is InChI=1S/C33H45N3O4S/c1-4-17-34(22-24-13-8-6-9-14-24)30(38)27-26-21-23(3)33(41-26)28(27)31(39)36(19-12-20-37)29(33)32(40)35(18-5-2)25-15-10-7-11-16-25/h4-6,8-9,13-14,23,25-29,37H,1-2,7,10-12,15-22H2,3H3/t23?,26-,27+,28-,29?,33?/m0/s1. The summed E-state index contributed by atoms with van der Waals surface area (Å²) in [4.78, 5) is 49.0. The fraction of sp³-hybridized carbons (Fsp3) is 0.606. The van der Waals surface area contributed by atoms with E-state index >= 15 is 0 Å². The molecule has 2 bridgehead atoms. The number of aliphatic hydroxyl groups is 1. The second kappa shape index (κ2) is 12.7. The highest BCUT2D eigenvalue weighted by Gasteiger charge is 2.76. The molecule has 1 aromatic rings. The van der Waals surface area contributed by atoms with Gasteiger partial charge in [-0.15, -0.1) is 24.9 Å². The van der Waals surface area contributed by atoms with Crippen LogP contribution in [0, 0.1) is 17.8 Å². The molecule has 4 aliphatic rings. The summed E-state index contributed by atoms with van der Waals surface area (Å²) >= 11 is 1.72. The summed E-state index contributed by atoms with van der Waals surface area (Å²) in [5.41, 5.74) is 1.03. The molecule has 41 heavy (non-hydrogen) atoms. The maximum absolute atomic E-state index is 14.7. The fourth-order valence-corrected chi connectivity index (χ4v) is 10.5. The van der Waals surface area contributed by atoms with Gasteiger partial charge in [0.05, 0.1) is 16.6 Å². The van der Waals surface area contributed by atoms with Crippen molar-refractivity contribution in [2.75, 3.05) is 26.2 Å². The van der Waals surface area contributed by atoms with Gasteiger partial charge in [-0.05, 0) is 37.2 Å². The second-order valence-electron chi connectivity index (χ2n) is 12.2. The molecule has 3 amide bonds. The first kappa shape index (κ1) is 29.9. The maximum atomic E-state index is 14.7. The topological polar surface area (TPSA) is 81.2 Å². The molecule has 1 saturated carbocycles. The van der Waals surface area contributed by atoms with E-state index in [2.05, 4.69) is 20.1 Å². The Hall–Kier alpha value is -2.58. The molecule has 222 valence electrons. The SMILES string of the molecule is C=CCN(Cc1ccccc1)C(=O)[C@@H]1[C@@H]2CC(C)C3(S2)C(C(=O)N(CC=C)C2CCCCC2)N(CCCO)C(=O)[C@H]13. The smallest absolute Gasteiger partial charge is 0.247 e. The van der Waals surface area contributed by atoms with Gasteiger partial charge in [-0.2, -0.15) is 0 Å². The summed E-state index contributed by atoms with van der Waals surface area (Å²) in [6.07, 6.45) is 10.1. The van der Waals surface area contributed by atoms with Gasteiger partial charge in [0.2, 0.25) is 17.7 Å². The zero-order valence-electron chi connectivity index (χ0n) is 24.3. The highest BCUT2D eigenvalue weighted by atomic mass is 32.2. The number of nitrogens with zero attached hydrogens (tertiary/aromatic N) is 3. The minimum Gasteiger partial charge on any atom is -0.396 e. The molecule has 1 N–H and O–H groups in total. The molecule has 3 aliphatic heterocycles. The van der Waals surface area contributed by atoms with Crippen molar-refractivity contribution in [1.82, 2.24) is 14.7 Å². The minimum atomic E-state index is -0.657. The van der Waals surface area contributed by atoms with E-state index in [0.29, 0.717) is 32.6 Å². The fourth-order valence-electron chi connectivity index (χ4n) is 8.07. The van der Waals surface area contributed by atoms with Crippen LogP contribution in [-0.2, 0) is 20.9 Å². The third kappa shape index (κ3) is 5.27. The Morgan fingerprint density at radius 2 is 1.80 bits per heavy atom. The van der Waals surface area contributed by atoms with Crippen molar-refractivity contribution in [1.29, 1.82) is 0 Å². The van der Waals surface area contributed by atoms with Crippen LogP contribution in [0.15, 0.2) is 55.6 Å². The van der Waals surface area contributed by atoms with E-state index in [1.807, 2.05) is 40.1 Å². The molecule has 3 heterocycles. The minimum absolute atomic E-state index is 0.00707. The lowest BCUT2D eigenvalue weighted by Gasteiger charge is -2.43. The van der Waals surface area contributed by atoms with E-state index in [-0.39, 0.29) is 41.5 Å². The van der Waals surface area contributed by atoms with Crippen LogP contribution in [0.2, 0.25) is 0 Å². The number of benzene rings is 1. The largest absolute Gasteiger partial charge is 0.396 e. The van der Waals surface area contributed by atoms with E-state index in [1.165, 1.54) is 6.42 Å². The summed E-state index contributed by atoms with van der Waals surface area (Å²) in [5, 5.41) is 9.70. The zero-order valence-corrected chi connectivity index (χ0v) is 25.1. The lowest BCUT2D eigenvalue weighted by Crippen LogP contribution is -2.59. The van der Waals surface area contributed by atoms with Crippen LogP contribution in [0.4, 0.5) is 0 Å². The first-order chi connectivity index (χ1) is 19.9. The molecule has 7 nitrogen and oxygen atoms in total. The van der Waals surface area contributed by atoms with Crippen molar-refractivity contribution >= 4 is 29.5 Å². The van der Waals surface area contributed by atoms with Crippen LogP contribution in [0.25, 0.3) is 0 Å². The molecule has 1 aliphatic carbocycles. The normalized spacial score (nSPS) is 30.7. The molecule has 0 aromatic heterocycles. The predicted molar refractivity (Wildman–Crippen MR) is 163 cm³/mol. The summed E-state index contributed by atoms with van der Waals surface area (Å²) in [7, 11) is 0. The number of fused-ring (bicyclic) bond motifs is 1. The zero-order chi connectivity index (χ0) is 29.1. The summed E-state index contributed by atoms with van der Waals surface area (Å²) in [6.45, 7) is 11.6. The monoisotopic (exact) mass is 579 g/mol. The van der Waals surface area contributed by atoms with Gasteiger partial charge in [-0.25, -0.2) is 0 Å². The third-order valence-electron chi connectivity index (χ3n) is 9.82. The maximum Gasteiger partial charge on any atom is 0.247 e. The Kier molecular flexibility index (Phi) is 9.29. The molecule has 3 unspecified atom stereocenters. The van der Waals surface area contributed by atoms with Crippen molar-refractivity contribution in [3.63, 3.8) is 0 Å². The van der Waals surface area contributed by atoms with Gasteiger partial charge in [0.25, 0.3) is 0 Å². The molecule has 8 heteroatoms. The average molecular weight is 580 g/mol. The molecular formula is C33H45N3O4S. The number of carbonyl (C=O) groups is 3. The molecule has 3 saturated heterocycles. The molecule has 1 aromatic carbocycles. The van der Waals surface area contributed by atoms with Gasteiger partial charge in [-0.3, -0.25) is 14.4 Å². The van der Waals surface area contributed by atoms with Gasteiger partial charge in [0.1, 0.15) is 6.04 Å². The second-order valence-corrected chi connectivity index (χ2v) is 13.8. The van der Waals surface area contributed by atoms with E-state index in [1.54, 1.807) is 28.8 Å². The number of rotatable bonds is 12.